The van der Waals surface area contributed by atoms with Gasteiger partial charge in [-0.1, -0.05) is 42.5 Å². The van der Waals surface area contributed by atoms with Gasteiger partial charge in [-0.05, 0) is 12.1 Å². The van der Waals surface area contributed by atoms with Crippen LogP contribution in [0.5, 0.6) is 0 Å². The molecule has 0 aliphatic heterocycles. The Hall–Kier alpha value is -1.70. The first-order chi connectivity index (χ1) is 8.34. The molecule has 18 heavy (non-hydrogen) atoms. The van der Waals surface area contributed by atoms with E-state index in [1.807, 2.05) is 48.5 Å². The molecule has 0 aliphatic rings. The number of para-hydroxylation sites is 1. The van der Waals surface area contributed by atoms with Crippen LogP contribution in [0.4, 0.5) is 0 Å². The molecule has 0 saturated heterocycles. The van der Waals surface area contributed by atoms with E-state index in [2.05, 4.69) is 0 Å². The molecule has 0 bridgehead atoms. The molecule has 88 valence electrons. The topological polar surface area (TPSA) is 30.2 Å². The van der Waals surface area contributed by atoms with E-state index in [4.69, 9.17) is 4.42 Å². The fourth-order valence-electron chi connectivity index (χ4n) is 1.85. The van der Waals surface area contributed by atoms with Gasteiger partial charge in [-0.3, -0.25) is 4.79 Å². The van der Waals surface area contributed by atoms with E-state index in [-0.39, 0.29) is 25.5 Å². The van der Waals surface area contributed by atoms with E-state index in [9.17, 15) is 4.79 Å². The van der Waals surface area contributed by atoms with Gasteiger partial charge in [0, 0.05) is 11.6 Å². The largest absolute Gasteiger partial charge is 3.00 e. The van der Waals surface area contributed by atoms with E-state index in [0.29, 0.717) is 16.7 Å². The standard InChI is InChI=1S/C15H10O2.Ir/c16-13-10-15(11-6-2-1-3-7-11)17-14-9-5-4-8-12(13)14;/h1-10H;/q;+3. The van der Waals surface area contributed by atoms with Crippen LogP contribution in [-0.4, -0.2) is 0 Å². The molecular formula is C15H10IrO2+3. The van der Waals surface area contributed by atoms with Crippen LogP contribution in [0.3, 0.4) is 0 Å². The number of hydrogen-bond donors (Lipinski definition) is 0. The summed E-state index contributed by atoms with van der Waals surface area (Å²) in [6.45, 7) is 0. The van der Waals surface area contributed by atoms with Crippen molar-refractivity contribution in [3.63, 3.8) is 0 Å². The van der Waals surface area contributed by atoms with Gasteiger partial charge >= 0.3 is 20.1 Å². The summed E-state index contributed by atoms with van der Waals surface area (Å²) in [6, 6.07) is 18.4. The molecule has 0 saturated carbocycles. The third kappa shape index (κ3) is 2.28. The van der Waals surface area contributed by atoms with Gasteiger partial charge in [-0.25, -0.2) is 0 Å². The molecule has 0 aliphatic carbocycles. The Bertz CT molecular complexity index is 717. The predicted octanol–water partition coefficient (Wildman–Crippen LogP) is 3.46. The third-order valence-electron chi connectivity index (χ3n) is 2.69. The van der Waals surface area contributed by atoms with Gasteiger partial charge in [0.2, 0.25) is 0 Å². The van der Waals surface area contributed by atoms with Gasteiger partial charge in [0.25, 0.3) is 0 Å². The van der Waals surface area contributed by atoms with Crippen molar-refractivity contribution in [3.8, 4) is 11.3 Å². The van der Waals surface area contributed by atoms with Gasteiger partial charge in [-0.2, -0.15) is 0 Å². The molecular weight excluding hydrogens is 404 g/mol. The smallest absolute Gasteiger partial charge is 0.456 e. The van der Waals surface area contributed by atoms with Crippen LogP contribution in [0.15, 0.2) is 69.9 Å². The van der Waals surface area contributed by atoms with Crippen molar-refractivity contribution in [2.45, 2.75) is 0 Å². The first kappa shape index (κ1) is 12.7. The summed E-state index contributed by atoms with van der Waals surface area (Å²) in [5.41, 5.74) is 1.53. The fourth-order valence-corrected chi connectivity index (χ4v) is 1.85. The van der Waals surface area contributed by atoms with E-state index in [0.717, 1.165) is 5.56 Å². The van der Waals surface area contributed by atoms with Crippen molar-refractivity contribution in [3.05, 3.63) is 70.9 Å². The first-order valence-electron chi connectivity index (χ1n) is 5.43. The van der Waals surface area contributed by atoms with E-state index >= 15 is 0 Å². The number of rotatable bonds is 1. The van der Waals surface area contributed by atoms with Gasteiger partial charge in [0.05, 0.1) is 5.39 Å². The Balaban J connectivity index is 0.00000120. The SMILES string of the molecule is O=c1cc(-c2ccccc2)oc2ccccc12.[Ir+3]. The summed E-state index contributed by atoms with van der Waals surface area (Å²) >= 11 is 0. The molecule has 0 amide bonds. The Kier molecular flexibility index (Phi) is 3.75. The van der Waals surface area contributed by atoms with Crippen molar-refractivity contribution < 1.29 is 24.5 Å². The molecule has 0 spiro atoms. The predicted molar refractivity (Wildman–Crippen MR) is 67.9 cm³/mol. The molecule has 0 N–H and O–H groups in total. The monoisotopic (exact) mass is 415 g/mol. The average molecular weight is 414 g/mol. The van der Waals surface area contributed by atoms with Crippen molar-refractivity contribution >= 4 is 11.0 Å². The van der Waals surface area contributed by atoms with Gasteiger partial charge in [0.15, 0.2) is 5.43 Å². The van der Waals surface area contributed by atoms with Crippen molar-refractivity contribution in [2.75, 3.05) is 0 Å². The molecule has 0 unspecified atom stereocenters. The summed E-state index contributed by atoms with van der Waals surface area (Å²) in [5, 5.41) is 0.618. The Morgan fingerprint density at radius 1 is 0.833 bits per heavy atom. The molecule has 2 aromatic carbocycles. The molecule has 3 aromatic rings. The third-order valence-corrected chi connectivity index (χ3v) is 2.69. The number of fused-ring (bicyclic) bond motifs is 1. The summed E-state index contributed by atoms with van der Waals surface area (Å²) < 4.78 is 5.73. The molecule has 1 heterocycles. The van der Waals surface area contributed by atoms with Crippen LogP contribution in [0, 0.1) is 0 Å². The molecule has 3 heteroatoms. The number of hydrogen-bond acceptors (Lipinski definition) is 2. The minimum absolute atomic E-state index is 0. The average Bonchev–Trinajstić information content (AvgIpc) is 2.40. The zero-order chi connectivity index (χ0) is 11.7. The maximum absolute atomic E-state index is 11.9. The second-order valence-electron chi connectivity index (χ2n) is 3.84. The van der Waals surface area contributed by atoms with Crippen molar-refractivity contribution in [1.29, 1.82) is 0 Å². The van der Waals surface area contributed by atoms with Crippen molar-refractivity contribution in [1.82, 2.24) is 0 Å². The van der Waals surface area contributed by atoms with Crippen LogP contribution >= 0.6 is 0 Å². The quantitative estimate of drug-likeness (QED) is 0.611. The Morgan fingerprint density at radius 3 is 2.28 bits per heavy atom. The van der Waals surface area contributed by atoms with Gasteiger partial charge in [-0.15, -0.1) is 0 Å². The van der Waals surface area contributed by atoms with Gasteiger partial charge < -0.3 is 4.42 Å². The van der Waals surface area contributed by atoms with Crippen LogP contribution < -0.4 is 5.43 Å². The van der Waals surface area contributed by atoms with Crippen LogP contribution in [0.25, 0.3) is 22.3 Å². The molecule has 2 nitrogen and oxygen atoms in total. The van der Waals surface area contributed by atoms with Gasteiger partial charge in [0.1, 0.15) is 11.3 Å². The van der Waals surface area contributed by atoms with Crippen molar-refractivity contribution in [2.24, 2.45) is 0 Å². The normalized spacial score (nSPS) is 10.0. The molecule has 0 atom stereocenters. The zero-order valence-electron chi connectivity index (χ0n) is 9.42. The second kappa shape index (κ2) is 5.30. The maximum atomic E-state index is 11.9. The summed E-state index contributed by atoms with van der Waals surface area (Å²) in [5.74, 6) is 0.606. The summed E-state index contributed by atoms with van der Waals surface area (Å²) in [6.07, 6.45) is 0. The van der Waals surface area contributed by atoms with Crippen LogP contribution in [0.1, 0.15) is 0 Å². The zero-order valence-corrected chi connectivity index (χ0v) is 11.8. The fraction of sp³-hybridized carbons (Fsp3) is 0. The minimum atomic E-state index is -0.00861. The molecule has 1 aromatic heterocycles. The minimum Gasteiger partial charge on any atom is -0.456 e. The van der Waals surface area contributed by atoms with Crippen LogP contribution in [0.2, 0.25) is 0 Å². The summed E-state index contributed by atoms with van der Waals surface area (Å²) in [4.78, 5) is 11.9. The Labute approximate surface area is 118 Å². The summed E-state index contributed by atoms with van der Waals surface area (Å²) in [7, 11) is 0. The maximum Gasteiger partial charge on any atom is 3.00 e. The second-order valence-corrected chi connectivity index (χ2v) is 3.84. The molecule has 0 radical (unpaired) electrons. The first-order valence-corrected chi connectivity index (χ1v) is 5.43. The Morgan fingerprint density at radius 2 is 1.50 bits per heavy atom. The van der Waals surface area contributed by atoms with Crippen LogP contribution in [-0.2, 0) is 20.1 Å². The molecule has 0 fully saturated rings. The number of benzene rings is 2. The van der Waals surface area contributed by atoms with E-state index < -0.39 is 0 Å². The molecule has 3 rings (SSSR count). The van der Waals surface area contributed by atoms with E-state index in [1.54, 1.807) is 6.07 Å². The van der Waals surface area contributed by atoms with E-state index in [1.165, 1.54) is 6.07 Å².